The second kappa shape index (κ2) is 38.9. The Labute approximate surface area is 724 Å². The monoisotopic (exact) mass is 1690 g/mol. The van der Waals surface area contributed by atoms with Crippen molar-refractivity contribution in [3.63, 3.8) is 0 Å². The molecule has 8 aromatic heterocycles. The molecule has 14 aromatic rings. The molecule has 5 amide bonds. The van der Waals surface area contributed by atoms with E-state index < -0.39 is 11.8 Å². The van der Waals surface area contributed by atoms with E-state index in [0.29, 0.717) is 166 Å². The van der Waals surface area contributed by atoms with Crippen LogP contribution < -0.4 is 52.4 Å². The Hall–Kier alpha value is -14.1. The molecule has 0 unspecified atom stereocenters. The first-order chi connectivity index (χ1) is 60.4. The van der Waals surface area contributed by atoms with Crippen LogP contribution in [0.5, 0.6) is 11.5 Å². The van der Waals surface area contributed by atoms with Gasteiger partial charge in [0.15, 0.2) is 0 Å². The molecule has 0 saturated heterocycles. The van der Waals surface area contributed by atoms with Crippen LogP contribution in [0.4, 0.5) is 35.2 Å². The first-order valence-electron chi connectivity index (χ1n) is 42.8. The van der Waals surface area contributed by atoms with E-state index in [4.69, 9.17) is 61.7 Å². The minimum Gasteiger partial charge on any atom is -0.497 e. The Morgan fingerprint density at radius 3 is 1.74 bits per heavy atom. The lowest BCUT2D eigenvalue weighted by atomic mass is 10.0. The Morgan fingerprint density at radius 1 is 0.536 bits per heavy atom. The molecule has 0 radical (unpaired) electrons. The summed E-state index contributed by atoms with van der Waals surface area (Å²) in [5.74, 6) is 0.897. The molecular formula is C92H110N24O9. The molecule has 652 valence electrons. The number of unbranched alkanes of at least 4 members (excludes halogenated alkanes) is 3. The summed E-state index contributed by atoms with van der Waals surface area (Å²) in [6.45, 7) is 19.3. The molecule has 0 saturated carbocycles. The number of amides is 5. The van der Waals surface area contributed by atoms with E-state index >= 15 is 0 Å². The van der Waals surface area contributed by atoms with Crippen LogP contribution in [0.25, 0.3) is 44.1 Å². The van der Waals surface area contributed by atoms with Crippen molar-refractivity contribution in [2.75, 3.05) is 66.4 Å². The normalized spacial score (nSPS) is 12.8. The molecule has 0 bridgehead atoms. The van der Waals surface area contributed by atoms with E-state index in [1.165, 1.54) is 0 Å². The average molecular weight is 1700 g/mol. The van der Waals surface area contributed by atoms with Gasteiger partial charge in [0, 0.05) is 102 Å². The van der Waals surface area contributed by atoms with Gasteiger partial charge < -0.3 is 59.5 Å². The molecule has 0 aliphatic carbocycles. The average Bonchev–Trinajstić information content (AvgIpc) is 1.69. The number of hydrogen-bond donors (Lipinski definition) is 6. The van der Waals surface area contributed by atoms with Gasteiger partial charge in [0.2, 0.25) is 35.6 Å². The van der Waals surface area contributed by atoms with Crippen LogP contribution in [0.1, 0.15) is 193 Å². The van der Waals surface area contributed by atoms with Gasteiger partial charge >= 0.3 is 5.97 Å². The highest BCUT2D eigenvalue weighted by Gasteiger charge is 2.29. The van der Waals surface area contributed by atoms with Crippen molar-refractivity contribution in [3.8, 4) is 11.5 Å². The van der Waals surface area contributed by atoms with Gasteiger partial charge in [-0.15, -0.1) is 0 Å². The van der Waals surface area contributed by atoms with E-state index in [1.54, 1.807) is 70.2 Å². The minimum absolute atomic E-state index is 0.280. The number of aryl methyl sites for hydroxylation is 12. The second-order valence-corrected chi connectivity index (χ2v) is 31.6. The number of carbonyl (C=O) groups is 6. The summed E-state index contributed by atoms with van der Waals surface area (Å²) in [5, 5.41) is 28.1. The van der Waals surface area contributed by atoms with Crippen molar-refractivity contribution in [2.24, 2.45) is 11.5 Å². The Balaban J connectivity index is 0.000000203. The van der Waals surface area contributed by atoms with Crippen LogP contribution in [-0.4, -0.2) is 148 Å². The quantitative estimate of drug-likeness (QED) is 0.0206. The summed E-state index contributed by atoms with van der Waals surface area (Å²) >= 11 is 0. The maximum absolute atomic E-state index is 14.3. The van der Waals surface area contributed by atoms with Crippen molar-refractivity contribution in [2.45, 2.75) is 191 Å². The summed E-state index contributed by atoms with van der Waals surface area (Å²) in [6.07, 6.45) is 9.12. The smallest absolute Gasteiger partial charge is 0.356 e. The van der Waals surface area contributed by atoms with Gasteiger partial charge in [-0.25, -0.2) is 24.7 Å². The van der Waals surface area contributed by atoms with E-state index in [2.05, 4.69) is 45.0 Å². The number of rotatable bonds is 27. The zero-order chi connectivity index (χ0) is 88.3. The predicted molar refractivity (Wildman–Crippen MR) is 483 cm³/mol. The summed E-state index contributed by atoms with van der Waals surface area (Å²) in [7, 11) is 7.37. The molecule has 6 aromatic carbocycles. The molecule has 0 atom stereocenters. The van der Waals surface area contributed by atoms with Crippen LogP contribution in [0.15, 0.2) is 133 Å². The number of hydrogen-bond acceptors (Lipinski definition) is 20. The summed E-state index contributed by atoms with van der Waals surface area (Å²) in [6, 6.07) is 42.1. The number of nitrogens with one attached hydrogen (secondary N) is 3. The molecule has 125 heavy (non-hydrogen) atoms. The fourth-order valence-corrected chi connectivity index (χ4v) is 16.7. The van der Waals surface area contributed by atoms with Gasteiger partial charge in [-0.2, -0.15) is 20.4 Å². The zero-order valence-electron chi connectivity index (χ0n) is 72.9. The molecule has 1 aliphatic rings. The first kappa shape index (κ1) is 87.2. The van der Waals surface area contributed by atoms with E-state index in [1.807, 2.05) is 168 Å². The number of nitrogen functional groups attached to an aromatic ring is 1. The van der Waals surface area contributed by atoms with Gasteiger partial charge in [0.1, 0.15) is 45.3 Å². The number of nitrogens with zero attached hydrogens (tertiary/aromatic N) is 18. The number of esters is 1. The Morgan fingerprint density at radius 2 is 1.10 bits per heavy atom. The molecule has 33 nitrogen and oxygen atoms in total. The first-order valence-corrected chi connectivity index (χ1v) is 42.8. The maximum Gasteiger partial charge on any atom is 0.356 e. The van der Waals surface area contributed by atoms with Gasteiger partial charge in [-0.05, 0) is 221 Å². The number of carbonyl (C=O) groups excluding carboxylic acids is 6. The highest BCUT2D eigenvalue weighted by molar-refractivity contribution is 6.06. The maximum atomic E-state index is 14.3. The van der Waals surface area contributed by atoms with Crippen molar-refractivity contribution >= 4 is 115 Å². The lowest BCUT2D eigenvalue weighted by molar-refractivity contribution is 0.0509. The topological polar surface area (TPSA) is 393 Å². The third kappa shape index (κ3) is 19.4. The number of nitrogens with two attached hydrogens (primary N) is 3. The van der Waals surface area contributed by atoms with Gasteiger partial charge in [-0.3, -0.25) is 58.7 Å². The van der Waals surface area contributed by atoms with E-state index in [0.717, 1.165) is 152 Å². The lowest BCUT2D eigenvalue weighted by Gasteiger charge is -2.20. The Bertz CT molecular complexity index is 6290. The zero-order valence-corrected chi connectivity index (χ0v) is 72.9. The largest absolute Gasteiger partial charge is 0.497 e. The molecule has 0 spiro atoms. The minimum atomic E-state index is -0.557. The third-order valence-corrected chi connectivity index (χ3v) is 22.9. The second-order valence-electron chi connectivity index (χ2n) is 31.6. The number of benzene rings is 6. The fraction of sp³-hybridized carbons (Fsp3) is 0.370. The number of fused-ring (bicyclic) bond motifs is 10. The number of anilines is 6. The van der Waals surface area contributed by atoms with Crippen LogP contribution in [0.2, 0.25) is 0 Å². The SMILES string of the molecule is CCOC(=O)c1c(CCCCCn2nc(C)cc2C(=O)Nc2nc3c(N(C)Cc4ccc(OC)cc4)cccc3n2CCCCn2c(N)nc3cc(C(N)=O)ccc32)c(C)nn1CC.CCn1nc(C)c2c1C(=O)Nc1nc3cc(C(N)=O)ccc3n1CCCCn1c(nc3c(N(C)Cc4ccc(OC)cc4)cccc31)NC(=O)c1cc(C)nn1CCCCC2. The summed E-state index contributed by atoms with van der Waals surface area (Å²) in [4.78, 5) is 103. The van der Waals surface area contributed by atoms with Crippen molar-refractivity contribution in [3.05, 3.63) is 212 Å². The highest BCUT2D eigenvalue weighted by Crippen LogP contribution is 2.35. The summed E-state index contributed by atoms with van der Waals surface area (Å²) < 4.78 is 31.1. The van der Waals surface area contributed by atoms with Gasteiger partial charge in [0.05, 0.1) is 88.1 Å². The van der Waals surface area contributed by atoms with E-state index in [9.17, 15) is 28.8 Å². The predicted octanol–water partition coefficient (Wildman–Crippen LogP) is 13.9. The molecule has 9 heterocycles. The van der Waals surface area contributed by atoms with Crippen molar-refractivity contribution in [1.82, 2.24) is 77.3 Å². The van der Waals surface area contributed by atoms with Crippen LogP contribution >= 0.6 is 0 Å². The lowest BCUT2D eigenvalue weighted by Crippen LogP contribution is -2.21. The number of ether oxygens (including phenoxy) is 3. The summed E-state index contributed by atoms with van der Waals surface area (Å²) in [5.41, 5.74) is 35.2. The van der Waals surface area contributed by atoms with E-state index in [-0.39, 0.29) is 23.7 Å². The standard InChI is InChI=1S/C47H58N12O5.C45H52N12O4/c1-7-58-42(45(62)64-8-2)35(31(4)54-58)15-10-9-11-26-59-40(27-30(3)53-59)44(61)52-47-51-41-38(55(5)29-32-18-21-34(63-6)22-19-32)16-14-17-39(41)57(47)25-13-12-24-56-37-23-20-33(43(48)60)28-36(37)50-46(56)49;1-6-56-40-33(29(3)52-56)13-8-7-9-24-57-38(25-28(2)51-57)42(59)49-45-48-39-36(53(4)27-30-16-19-32(61-5)20-17-30)14-12-15-37(39)55(45)23-11-10-22-54-35-21-18-31(41(46)58)26-34(35)47-44(54)50-43(40)60/h14,16-23,27-28H,7-13,15,24-26,29H2,1-6H3,(H2,48,60)(H2,49,50)(H,51,52,61);12,14-21,25-26H,6-11,13,22-24,27H2,1-5H3,(H2,46,58)(H,47,50,60)(H,48,49,59). The van der Waals surface area contributed by atoms with Gasteiger partial charge in [0.25, 0.3) is 17.7 Å². The molecule has 15 rings (SSSR count). The fourth-order valence-electron chi connectivity index (χ4n) is 16.7. The number of methoxy groups -OCH3 is 2. The highest BCUT2D eigenvalue weighted by atomic mass is 16.5. The van der Waals surface area contributed by atoms with Crippen molar-refractivity contribution in [1.29, 1.82) is 0 Å². The Kier molecular flexibility index (Phi) is 27.2. The molecule has 33 heteroatoms. The van der Waals surface area contributed by atoms with Crippen molar-refractivity contribution < 1.29 is 43.0 Å². The molecular weight excluding hydrogens is 1590 g/mol. The number of imidazole rings is 4. The number of aromatic nitrogens is 16. The van der Waals surface area contributed by atoms with Crippen LogP contribution in [-0.2, 0) is 83.0 Å². The van der Waals surface area contributed by atoms with Gasteiger partial charge in [-0.1, -0.05) is 49.2 Å². The molecule has 9 N–H and O–H groups in total. The van der Waals surface area contributed by atoms with Crippen LogP contribution in [0, 0.1) is 27.7 Å². The molecule has 0 fully saturated rings. The number of para-hydroxylation sites is 2. The van der Waals surface area contributed by atoms with Crippen LogP contribution in [0.3, 0.4) is 0 Å². The third-order valence-electron chi connectivity index (χ3n) is 22.9. The number of primary amides is 2. The molecule has 1 aliphatic heterocycles.